The quantitative estimate of drug-likeness (QED) is 0.635. The van der Waals surface area contributed by atoms with Crippen molar-refractivity contribution in [3.8, 4) is 0 Å². The van der Waals surface area contributed by atoms with Crippen molar-refractivity contribution in [1.29, 1.82) is 0 Å². The topological polar surface area (TPSA) is 57.0 Å². The minimum absolute atomic E-state index is 0.121. The zero-order valence-corrected chi connectivity index (χ0v) is 6.78. The van der Waals surface area contributed by atoms with Crippen molar-refractivity contribution < 1.29 is 15.4 Å². The Balaban J connectivity index is 2.48. The molecule has 0 aliphatic carbocycles. The summed E-state index contributed by atoms with van der Waals surface area (Å²) in [6.07, 6.45) is 0. The molecule has 1 aromatic carbocycles. The van der Waals surface area contributed by atoms with E-state index in [1.807, 2.05) is 31.2 Å². The van der Waals surface area contributed by atoms with Gasteiger partial charge in [-0.15, -0.1) is 0 Å². The summed E-state index contributed by atoms with van der Waals surface area (Å²) in [5, 5.41) is 17.0. The molecule has 12 heavy (non-hydrogen) atoms. The molecule has 0 bridgehead atoms. The highest BCUT2D eigenvalue weighted by Crippen LogP contribution is 2.02. The Morgan fingerprint density at radius 2 is 2.00 bits per heavy atom. The summed E-state index contributed by atoms with van der Waals surface area (Å²) < 4.78 is 0. The SMILES string of the molecule is Cc1ccc(CO[NH+]([O-])O)cc1. The van der Waals surface area contributed by atoms with Crippen LogP contribution in [0.5, 0.6) is 0 Å². The standard InChI is InChI=1S/C8H11NO3/c1-7-2-4-8(5-3-7)6-12-9(10)11/h2-5,9-10H,6H2,1H3. The molecule has 0 aliphatic heterocycles. The van der Waals surface area contributed by atoms with Crippen molar-refractivity contribution in [2.24, 2.45) is 0 Å². The second-order valence-electron chi connectivity index (χ2n) is 2.54. The summed E-state index contributed by atoms with van der Waals surface area (Å²) in [6.45, 7) is 2.09. The molecule has 0 heterocycles. The van der Waals surface area contributed by atoms with Crippen LogP contribution in [0.25, 0.3) is 0 Å². The lowest BCUT2D eigenvalue weighted by Gasteiger charge is -2.09. The number of benzene rings is 1. The molecule has 2 N–H and O–H groups in total. The maximum Gasteiger partial charge on any atom is 0.136 e. The average molecular weight is 169 g/mol. The van der Waals surface area contributed by atoms with Gasteiger partial charge in [0.25, 0.3) is 0 Å². The predicted molar refractivity (Wildman–Crippen MR) is 42.1 cm³/mol. The van der Waals surface area contributed by atoms with Crippen LogP contribution in [0.15, 0.2) is 24.3 Å². The molecule has 4 nitrogen and oxygen atoms in total. The second kappa shape index (κ2) is 4.18. The molecule has 1 atom stereocenters. The van der Waals surface area contributed by atoms with Gasteiger partial charge in [0.15, 0.2) is 0 Å². The average Bonchev–Trinajstić information content (AvgIpc) is 2.03. The molecule has 0 aliphatic rings. The predicted octanol–water partition coefficient (Wildman–Crippen LogP) is 0.199. The molecule has 66 valence electrons. The number of nitrogens with one attached hydrogen (secondary N) is 1. The van der Waals surface area contributed by atoms with Crippen LogP contribution in [0.2, 0.25) is 0 Å². The van der Waals surface area contributed by atoms with Crippen LogP contribution in [0, 0.1) is 12.1 Å². The first-order valence-corrected chi connectivity index (χ1v) is 3.60. The fraction of sp³-hybridized carbons (Fsp3) is 0.250. The third-order valence-corrected chi connectivity index (χ3v) is 1.48. The van der Waals surface area contributed by atoms with Crippen molar-refractivity contribution in [2.45, 2.75) is 13.5 Å². The van der Waals surface area contributed by atoms with E-state index in [4.69, 9.17) is 5.21 Å². The monoisotopic (exact) mass is 169 g/mol. The van der Waals surface area contributed by atoms with E-state index in [-0.39, 0.29) is 6.61 Å². The van der Waals surface area contributed by atoms with Gasteiger partial charge in [-0.1, -0.05) is 35.2 Å². The van der Waals surface area contributed by atoms with Gasteiger partial charge in [-0.3, -0.25) is 0 Å². The lowest BCUT2D eigenvalue weighted by molar-refractivity contribution is -1.21. The van der Waals surface area contributed by atoms with Gasteiger partial charge in [-0.05, 0) is 12.5 Å². The van der Waals surface area contributed by atoms with Gasteiger partial charge in [-0.25, -0.2) is 0 Å². The summed E-state index contributed by atoms with van der Waals surface area (Å²) in [5.74, 6) is 0. The summed E-state index contributed by atoms with van der Waals surface area (Å²) >= 11 is 0. The van der Waals surface area contributed by atoms with Gasteiger partial charge in [0, 0.05) is 0 Å². The molecule has 0 radical (unpaired) electrons. The number of hydrogen-bond acceptors (Lipinski definition) is 3. The van der Waals surface area contributed by atoms with E-state index >= 15 is 0 Å². The van der Waals surface area contributed by atoms with E-state index in [2.05, 4.69) is 4.84 Å². The molecule has 0 aromatic heterocycles. The molecule has 4 heteroatoms. The highest BCUT2D eigenvalue weighted by molar-refractivity contribution is 5.20. The number of hydrogen-bond donors (Lipinski definition) is 2. The van der Waals surface area contributed by atoms with Gasteiger partial charge in [0.05, 0.1) is 0 Å². The lowest BCUT2D eigenvalue weighted by atomic mass is 10.2. The second-order valence-corrected chi connectivity index (χ2v) is 2.54. The van der Waals surface area contributed by atoms with Gasteiger partial charge >= 0.3 is 0 Å². The van der Waals surface area contributed by atoms with Gasteiger partial charge < -0.3 is 5.21 Å². The summed E-state index contributed by atoms with van der Waals surface area (Å²) in [5.41, 5.74) is 2.01. The van der Waals surface area contributed by atoms with Crippen LogP contribution in [-0.2, 0) is 11.4 Å². The first-order valence-electron chi connectivity index (χ1n) is 3.60. The van der Waals surface area contributed by atoms with Crippen LogP contribution in [0.3, 0.4) is 0 Å². The fourth-order valence-corrected chi connectivity index (χ4v) is 0.829. The lowest BCUT2D eigenvalue weighted by Crippen LogP contribution is -3.03. The summed E-state index contributed by atoms with van der Waals surface area (Å²) in [7, 11) is 0. The largest absolute Gasteiger partial charge is 0.566 e. The Morgan fingerprint density at radius 1 is 1.42 bits per heavy atom. The molecule has 0 saturated carbocycles. The molecule has 0 saturated heterocycles. The molecule has 1 aromatic rings. The van der Waals surface area contributed by atoms with Gasteiger partial charge in [0.2, 0.25) is 0 Å². The smallest absolute Gasteiger partial charge is 0.136 e. The molecular formula is C8H11NO3. The Morgan fingerprint density at radius 3 is 2.50 bits per heavy atom. The van der Waals surface area contributed by atoms with Crippen molar-refractivity contribution in [2.75, 3.05) is 0 Å². The highest BCUT2D eigenvalue weighted by atomic mass is 17.1. The van der Waals surface area contributed by atoms with Crippen molar-refractivity contribution in [3.05, 3.63) is 40.6 Å². The van der Waals surface area contributed by atoms with Crippen LogP contribution in [0.4, 0.5) is 0 Å². The molecule has 1 rings (SSSR count). The first-order chi connectivity index (χ1) is 5.68. The number of aryl methyl sites for hydroxylation is 1. The molecular weight excluding hydrogens is 158 g/mol. The highest BCUT2D eigenvalue weighted by Gasteiger charge is 1.95. The third-order valence-electron chi connectivity index (χ3n) is 1.48. The van der Waals surface area contributed by atoms with E-state index in [1.54, 1.807) is 0 Å². The van der Waals surface area contributed by atoms with Crippen LogP contribution in [0.1, 0.15) is 11.1 Å². The van der Waals surface area contributed by atoms with E-state index < -0.39 is 5.39 Å². The maximum absolute atomic E-state index is 10.0. The zero-order chi connectivity index (χ0) is 8.97. The van der Waals surface area contributed by atoms with Crippen LogP contribution < -0.4 is 5.39 Å². The molecule has 0 spiro atoms. The summed E-state index contributed by atoms with van der Waals surface area (Å²) in [6, 6.07) is 7.53. The molecule has 0 amide bonds. The Labute approximate surface area is 70.5 Å². The van der Waals surface area contributed by atoms with Crippen molar-refractivity contribution >= 4 is 0 Å². The molecule has 0 fully saturated rings. The Bertz CT molecular complexity index is 233. The number of quaternary nitrogens is 1. The third kappa shape index (κ3) is 2.98. The normalized spacial score (nSPS) is 12.9. The van der Waals surface area contributed by atoms with Crippen LogP contribution in [-0.4, -0.2) is 5.21 Å². The molecule has 1 unspecified atom stereocenters. The Kier molecular flexibility index (Phi) is 3.19. The first kappa shape index (κ1) is 9.15. The van der Waals surface area contributed by atoms with E-state index in [0.29, 0.717) is 0 Å². The zero-order valence-electron chi connectivity index (χ0n) is 6.78. The maximum atomic E-state index is 10.0. The van der Waals surface area contributed by atoms with Gasteiger partial charge in [-0.2, -0.15) is 10.0 Å². The minimum Gasteiger partial charge on any atom is -0.566 e. The van der Waals surface area contributed by atoms with Gasteiger partial charge in [0.1, 0.15) is 6.61 Å². The fourth-order valence-electron chi connectivity index (χ4n) is 0.829. The van der Waals surface area contributed by atoms with E-state index in [0.717, 1.165) is 11.1 Å². The summed E-state index contributed by atoms with van der Waals surface area (Å²) in [4.78, 5) is 4.38. The van der Waals surface area contributed by atoms with Crippen molar-refractivity contribution in [1.82, 2.24) is 0 Å². The minimum atomic E-state index is -1.24. The van der Waals surface area contributed by atoms with E-state index in [9.17, 15) is 5.21 Å². The van der Waals surface area contributed by atoms with E-state index in [1.165, 1.54) is 0 Å². The number of rotatable bonds is 3. The van der Waals surface area contributed by atoms with Crippen LogP contribution >= 0.6 is 0 Å². The van der Waals surface area contributed by atoms with Crippen molar-refractivity contribution in [3.63, 3.8) is 0 Å². The Hall–Kier alpha value is -0.940.